The zero-order valence-corrected chi connectivity index (χ0v) is 19.0. The lowest BCUT2D eigenvalue weighted by atomic mass is 10.1. The van der Waals surface area contributed by atoms with E-state index < -0.39 is 0 Å². The number of fused-ring (bicyclic) bond motifs is 1. The fourth-order valence-electron chi connectivity index (χ4n) is 3.71. The van der Waals surface area contributed by atoms with Gasteiger partial charge in [-0.25, -0.2) is 19.3 Å². The van der Waals surface area contributed by atoms with Crippen LogP contribution < -0.4 is 10.1 Å². The van der Waals surface area contributed by atoms with Crippen LogP contribution in [0.5, 0.6) is 5.75 Å². The Balaban J connectivity index is 1.48. The molecule has 0 unspecified atom stereocenters. The van der Waals surface area contributed by atoms with Gasteiger partial charge in [0.2, 0.25) is 0 Å². The number of thiazole rings is 1. The quantitative estimate of drug-likeness (QED) is 0.402. The summed E-state index contributed by atoms with van der Waals surface area (Å²) in [4.78, 5) is 13.4. The molecule has 4 aromatic rings. The molecule has 1 N–H and O–H groups in total. The molecule has 0 bridgehead atoms. The lowest BCUT2D eigenvalue weighted by Crippen LogP contribution is -2.13. The number of hydrogen-bond acceptors (Lipinski definition) is 6. The number of benzene rings is 1. The number of methoxy groups -OCH3 is 1. The Morgan fingerprint density at radius 2 is 2.06 bits per heavy atom. The Morgan fingerprint density at radius 1 is 1.23 bits per heavy atom. The van der Waals surface area contributed by atoms with Gasteiger partial charge in [-0.2, -0.15) is 0 Å². The van der Waals surface area contributed by atoms with Gasteiger partial charge in [-0.05, 0) is 37.5 Å². The highest BCUT2D eigenvalue weighted by atomic mass is 32.1. The van der Waals surface area contributed by atoms with Gasteiger partial charge in [0.15, 0.2) is 0 Å². The standard InChI is InChI=1S/C23H26FN5OS/c1-14(2)9-16-12-31-23(28-16)19-11-21(27-13-26-19)25-7-8-29-15(3)10-17-20(30-4)6-5-18(24)22(17)29/h5-6,10-14H,7-9H2,1-4H3,(H,25,26,27). The van der Waals surface area contributed by atoms with E-state index in [0.29, 0.717) is 30.3 Å². The van der Waals surface area contributed by atoms with Crippen LogP contribution in [-0.4, -0.2) is 33.2 Å². The molecule has 3 heterocycles. The minimum atomic E-state index is -0.255. The Hall–Kier alpha value is -3.00. The van der Waals surface area contributed by atoms with Gasteiger partial charge in [0, 0.05) is 35.6 Å². The monoisotopic (exact) mass is 439 g/mol. The molecule has 6 nitrogen and oxygen atoms in total. The molecule has 0 saturated carbocycles. The number of aryl methyl sites for hydroxylation is 1. The van der Waals surface area contributed by atoms with E-state index in [1.165, 1.54) is 6.07 Å². The van der Waals surface area contributed by atoms with Crippen molar-refractivity contribution in [2.75, 3.05) is 19.0 Å². The second kappa shape index (κ2) is 9.01. The maximum atomic E-state index is 14.5. The summed E-state index contributed by atoms with van der Waals surface area (Å²) in [5, 5.41) is 7.09. The molecule has 162 valence electrons. The molecule has 0 saturated heterocycles. The topological polar surface area (TPSA) is 64.9 Å². The third-order valence-corrected chi connectivity index (χ3v) is 6.01. The first-order valence-electron chi connectivity index (χ1n) is 10.3. The highest BCUT2D eigenvalue weighted by Crippen LogP contribution is 2.31. The number of aromatic nitrogens is 4. The second-order valence-corrected chi connectivity index (χ2v) is 8.76. The summed E-state index contributed by atoms with van der Waals surface area (Å²) in [5.74, 6) is 1.70. The van der Waals surface area contributed by atoms with Crippen LogP contribution >= 0.6 is 11.3 Å². The van der Waals surface area contributed by atoms with Crippen molar-refractivity contribution in [3.8, 4) is 16.5 Å². The lowest BCUT2D eigenvalue weighted by Gasteiger charge is -2.11. The van der Waals surface area contributed by atoms with Crippen molar-refractivity contribution in [3.63, 3.8) is 0 Å². The number of anilines is 1. The molecule has 0 radical (unpaired) electrons. The van der Waals surface area contributed by atoms with Crippen molar-refractivity contribution in [1.29, 1.82) is 0 Å². The van der Waals surface area contributed by atoms with E-state index in [9.17, 15) is 4.39 Å². The molecule has 8 heteroatoms. The summed E-state index contributed by atoms with van der Waals surface area (Å²) >= 11 is 1.60. The summed E-state index contributed by atoms with van der Waals surface area (Å²) in [6, 6.07) is 6.97. The molecular formula is C23H26FN5OS. The van der Waals surface area contributed by atoms with Gasteiger partial charge in [-0.3, -0.25) is 0 Å². The van der Waals surface area contributed by atoms with E-state index in [1.54, 1.807) is 30.8 Å². The first kappa shape index (κ1) is 21.2. The van der Waals surface area contributed by atoms with Crippen LogP contribution in [0.15, 0.2) is 36.0 Å². The van der Waals surface area contributed by atoms with Crippen molar-refractivity contribution in [2.24, 2.45) is 5.92 Å². The van der Waals surface area contributed by atoms with Gasteiger partial charge in [-0.15, -0.1) is 11.3 Å². The molecule has 0 aliphatic rings. The van der Waals surface area contributed by atoms with Crippen LogP contribution in [0.1, 0.15) is 25.2 Å². The van der Waals surface area contributed by atoms with Crippen LogP contribution in [0.4, 0.5) is 10.2 Å². The summed E-state index contributed by atoms with van der Waals surface area (Å²) < 4.78 is 21.9. The third-order valence-electron chi connectivity index (χ3n) is 5.09. The van der Waals surface area contributed by atoms with Gasteiger partial charge in [0.1, 0.15) is 34.4 Å². The zero-order valence-electron chi connectivity index (χ0n) is 18.1. The number of hydrogen-bond donors (Lipinski definition) is 1. The molecule has 0 aliphatic carbocycles. The number of rotatable bonds is 8. The Morgan fingerprint density at radius 3 is 2.84 bits per heavy atom. The average molecular weight is 440 g/mol. The number of nitrogens with zero attached hydrogens (tertiary/aromatic N) is 4. The van der Waals surface area contributed by atoms with Gasteiger partial charge in [0.25, 0.3) is 0 Å². The second-order valence-electron chi connectivity index (χ2n) is 7.91. The number of ether oxygens (including phenoxy) is 1. The van der Waals surface area contributed by atoms with Crippen molar-refractivity contribution in [1.82, 2.24) is 19.5 Å². The van der Waals surface area contributed by atoms with E-state index in [-0.39, 0.29) is 5.82 Å². The van der Waals surface area contributed by atoms with Crippen LogP contribution in [0.2, 0.25) is 0 Å². The van der Waals surface area contributed by atoms with Gasteiger partial charge in [0.05, 0.1) is 18.3 Å². The van der Waals surface area contributed by atoms with E-state index in [1.807, 2.05) is 23.6 Å². The van der Waals surface area contributed by atoms with Crippen molar-refractivity contribution < 1.29 is 9.13 Å². The predicted octanol–water partition coefficient (Wildman–Crippen LogP) is 5.32. The van der Waals surface area contributed by atoms with E-state index in [0.717, 1.165) is 39.7 Å². The van der Waals surface area contributed by atoms with E-state index >= 15 is 0 Å². The summed E-state index contributed by atoms with van der Waals surface area (Å²) in [7, 11) is 1.60. The molecule has 0 spiro atoms. The normalized spacial score (nSPS) is 11.4. The largest absolute Gasteiger partial charge is 0.496 e. The van der Waals surface area contributed by atoms with Crippen LogP contribution in [0.3, 0.4) is 0 Å². The van der Waals surface area contributed by atoms with Gasteiger partial charge in [-0.1, -0.05) is 13.8 Å². The Bertz CT molecular complexity index is 1200. The summed E-state index contributed by atoms with van der Waals surface area (Å²) in [6.07, 6.45) is 2.50. The Kier molecular flexibility index (Phi) is 6.18. The molecule has 4 rings (SSSR count). The van der Waals surface area contributed by atoms with Gasteiger partial charge < -0.3 is 14.6 Å². The predicted molar refractivity (Wildman–Crippen MR) is 123 cm³/mol. The molecule has 0 fully saturated rings. The fraction of sp³-hybridized carbons (Fsp3) is 0.348. The third kappa shape index (κ3) is 4.54. The smallest absolute Gasteiger partial charge is 0.147 e. The van der Waals surface area contributed by atoms with Crippen molar-refractivity contribution in [3.05, 3.63) is 53.2 Å². The van der Waals surface area contributed by atoms with Crippen molar-refractivity contribution >= 4 is 28.1 Å². The van der Waals surface area contributed by atoms with E-state index in [2.05, 4.69) is 34.5 Å². The lowest BCUT2D eigenvalue weighted by molar-refractivity contribution is 0.419. The van der Waals surface area contributed by atoms with Crippen LogP contribution in [-0.2, 0) is 13.0 Å². The first-order valence-corrected chi connectivity index (χ1v) is 11.2. The first-order chi connectivity index (χ1) is 15.0. The minimum Gasteiger partial charge on any atom is -0.496 e. The van der Waals surface area contributed by atoms with Crippen LogP contribution in [0.25, 0.3) is 21.6 Å². The molecule has 31 heavy (non-hydrogen) atoms. The molecule has 0 atom stereocenters. The zero-order chi connectivity index (χ0) is 22.0. The fourth-order valence-corrected chi connectivity index (χ4v) is 4.51. The minimum absolute atomic E-state index is 0.255. The SMILES string of the molecule is COc1ccc(F)c2c1cc(C)n2CCNc1cc(-c2nc(CC(C)C)cs2)ncn1. The highest BCUT2D eigenvalue weighted by molar-refractivity contribution is 7.13. The maximum Gasteiger partial charge on any atom is 0.147 e. The number of halogens is 1. The molecule has 0 amide bonds. The Labute approximate surface area is 185 Å². The molecule has 1 aromatic carbocycles. The maximum absolute atomic E-state index is 14.5. The molecular weight excluding hydrogens is 413 g/mol. The van der Waals surface area contributed by atoms with E-state index in [4.69, 9.17) is 9.72 Å². The highest BCUT2D eigenvalue weighted by Gasteiger charge is 2.14. The van der Waals surface area contributed by atoms with Gasteiger partial charge >= 0.3 is 0 Å². The molecule has 0 aliphatic heterocycles. The molecule has 3 aromatic heterocycles. The van der Waals surface area contributed by atoms with Crippen LogP contribution in [0, 0.1) is 18.7 Å². The summed E-state index contributed by atoms with van der Waals surface area (Å²) in [6.45, 7) is 7.52. The average Bonchev–Trinajstić information content (AvgIpc) is 3.33. The van der Waals surface area contributed by atoms with Crippen molar-refractivity contribution in [2.45, 2.75) is 33.7 Å². The number of nitrogens with one attached hydrogen (secondary N) is 1. The summed E-state index contributed by atoms with van der Waals surface area (Å²) in [5.41, 5.74) is 3.43.